The van der Waals surface area contributed by atoms with E-state index in [2.05, 4.69) is 39.4 Å². The van der Waals surface area contributed by atoms with E-state index in [4.69, 9.17) is 0 Å². The van der Waals surface area contributed by atoms with E-state index in [1.54, 1.807) is 4.90 Å². The fraction of sp³-hybridized carbons (Fsp3) is 0.531. The molecule has 2 aromatic carbocycles. The molecule has 4 heterocycles. The van der Waals surface area contributed by atoms with Gasteiger partial charge < -0.3 is 15.1 Å². The van der Waals surface area contributed by atoms with Gasteiger partial charge in [0.05, 0.1) is 11.4 Å². The number of nitrogens with zero attached hydrogens (tertiary/aromatic N) is 4. The number of amides is 3. The first-order chi connectivity index (χ1) is 19.6. The number of carbonyl (C=O) groups is 3. The zero-order valence-corrected chi connectivity index (χ0v) is 23.4. The van der Waals surface area contributed by atoms with Gasteiger partial charge >= 0.3 is 0 Å². The number of carbonyl (C=O) groups excluding carboxylic acids is 3. The molecule has 0 spiro atoms. The third kappa shape index (κ3) is 5.73. The van der Waals surface area contributed by atoms with Crippen molar-refractivity contribution in [2.45, 2.75) is 70.0 Å². The Bertz CT molecular complexity index is 1220. The van der Waals surface area contributed by atoms with Crippen molar-refractivity contribution in [3.8, 4) is 0 Å². The molecule has 1 atom stereocenters. The van der Waals surface area contributed by atoms with Crippen LogP contribution >= 0.6 is 0 Å². The molecule has 0 bridgehead atoms. The standard InChI is InChI=1S/C32H41N5O3/c38-30(33-26-14-19-34(20-15-26)22-24-9-3-1-4-10-24)23-37-29-21-25(31(39)35-16-6-2-7-17-35)12-13-27(29)36-18-8-5-11-28(36)32(37)40/h1,3-4,9-10,12-13,21,26,28H,2,5-8,11,14-20,22-23H2,(H,33,38). The highest BCUT2D eigenvalue weighted by atomic mass is 16.2. The number of hydrogen-bond acceptors (Lipinski definition) is 5. The average molecular weight is 544 g/mol. The third-order valence-corrected chi connectivity index (χ3v) is 9.02. The van der Waals surface area contributed by atoms with Crippen molar-refractivity contribution >= 4 is 29.1 Å². The maximum atomic E-state index is 13.8. The summed E-state index contributed by atoms with van der Waals surface area (Å²) in [5.41, 5.74) is 3.56. The Morgan fingerprint density at radius 1 is 0.800 bits per heavy atom. The van der Waals surface area contributed by atoms with Gasteiger partial charge in [-0.05, 0) is 75.1 Å². The summed E-state index contributed by atoms with van der Waals surface area (Å²) < 4.78 is 0. The zero-order valence-electron chi connectivity index (χ0n) is 23.4. The van der Waals surface area contributed by atoms with Crippen LogP contribution in [0.1, 0.15) is 67.3 Å². The lowest BCUT2D eigenvalue weighted by Gasteiger charge is -2.45. The van der Waals surface area contributed by atoms with E-state index < -0.39 is 0 Å². The van der Waals surface area contributed by atoms with Crippen LogP contribution in [0.2, 0.25) is 0 Å². The van der Waals surface area contributed by atoms with Crippen LogP contribution in [-0.4, -0.2) is 78.9 Å². The summed E-state index contributed by atoms with van der Waals surface area (Å²) >= 11 is 0. The van der Waals surface area contributed by atoms with Crippen molar-refractivity contribution in [3.63, 3.8) is 0 Å². The van der Waals surface area contributed by atoms with Crippen LogP contribution in [0.15, 0.2) is 48.5 Å². The van der Waals surface area contributed by atoms with Crippen molar-refractivity contribution in [2.24, 2.45) is 0 Å². The molecule has 2 aromatic rings. The highest BCUT2D eigenvalue weighted by molar-refractivity contribution is 6.09. The normalized spacial score (nSPS) is 22.1. The summed E-state index contributed by atoms with van der Waals surface area (Å²) in [5.74, 6) is -0.136. The Hall–Kier alpha value is -3.39. The fourth-order valence-electron chi connectivity index (χ4n) is 6.83. The van der Waals surface area contributed by atoms with Gasteiger partial charge in [-0.1, -0.05) is 30.3 Å². The average Bonchev–Trinajstić information content (AvgIpc) is 3.00. The van der Waals surface area contributed by atoms with E-state index in [0.717, 1.165) is 96.3 Å². The number of fused-ring (bicyclic) bond motifs is 3. The summed E-state index contributed by atoms with van der Waals surface area (Å²) in [6.45, 7) is 5.16. The molecule has 1 N–H and O–H groups in total. The van der Waals surface area contributed by atoms with Gasteiger partial charge in [0, 0.05) is 50.9 Å². The Morgan fingerprint density at radius 3 is 2.33 bits per heavy atom. The number of likely N-dealkylation sites (tertiary alicyclic amines) is 2. The molecule has 212 valence electrons. The molecule has 3 fully saturated rings. The largest absolute Gasteiger partial charge is 0.358 e. The molecule has 0 radical (unpaired) electrons. The van der Waals surface area contributed by atoms with Gasteiger partial charge in [-0.25, -0.2) is 0 Å². The van der Waals surface area contributed by atoms with E-state index >= 15 is 0 Å². The third-order valence-electron chi connectivity index (χ3n) is 9.02. The van der Waals surface area contributed by atoms with Crippen LogP contribution < -0.4 is 15.1 Å². The topological polar surface area (TPSA) is 76.2 Å². The van der Waals surface area contributed by atoms with E-state index in [1.807, 2.05) is 29.2 Å². The lowest BCUT2D eigenvalue weighted by atomic mass is 9.95. The number of nitrogens with one attached hydrogen (secondary N) is 1. The van der Waals surface area contributed by atoms with Crippen molar-refractivity contribution < 1.29 is 14.4 Å². The number of hydrogen-bond donors (Lipinski definition) is 1. The molecular formula is C32H41N5O3. The van der Waals surface area contributed by atoms with Crippen LogP contribution in [0.3, 0.4) is 0 Å². The molecule has 4 aliphatic rings. The first-order valence-corrected chi connectivity index (χ1v) is 15.1. The van der Waals surface area contributed by atoms with Crippen molar-refractivity contribution in [1.82, 2.24) is 15.1 Å². The number of rotatable bonds is 6. The second kappa shape index (κ2) is 12.0. The molecule has 4 aliphatic heterocycles. The van der Waals surface area contributed by atoms with Crippen LogP contribution in [0, 0.1) is 0 Å². The molecule has 3 saturated heterocycles. The van der Waals surface area contributed by atoms with Crippen molar-refractivity contribution in [1.29, 1.82) is 0 Å². The fourth-order valence-corrected chi connectivity index (χ4v) is 6.83. The quantitative estimate of drug-likeness (QED) is 0.600. The van der Waals surface area contributed by atoms with E-state index in [0.29, 0.717) is 11.3 Å². The number of benzene rings is 2. The molecule has 0 saturated carbocycles. The first-order valence-electron chi connectivity index (χ1n) is 15.1. The summed E-state index contributed by atoms with van der Waals surface area (Å²) in [5, 5.41) is 3.21. The maximum Gasteiger partial charge on any atom is 0.253 e. The molecule has 3 amide bonds. The molecule has 1 unspecified atom stereocenters. The minimum Gasteiger partial charge on any atom is -0.358 e. The zero-order chi connectivity index (χ0) is 27.5. The Morgan fingerprint density at radius 2 is 1.55 bits per heavy atom. The summed E-state index contributed by atoms with van der Waals surface area (Å²) in [4.78, 5) is 48.6. The SMILES string of the molecule is O=C(CN1C(=O)C2CCCCN2c2ccc(C(=O)N3CCCCC3)cc21)NC1CCN(Cc2ccccc2)CC1. The lowest BCUT2D eigenvalue weighted by molar-refractivity contribution is -0.125. The van der Waals surface area contributed by atoms with Gasteiger partial charge in [-0.15, -0.1) is 0 Å². The van der Waals surface area contributed by atoms with Gasteiger partial charge in [-0.3, -0.25) is 24.2 Å². The monoisotopic (exact) mass is 543 g/mol. The Labute approximate surface area is 237 Å². The number of anilines is 2. The molecule has 40 heavy (non-hydrogen) atoms. The van der Waals surface area contributed by atoms with Gasteiger partial charge in [0.25, 0.3) is 5.91 Å². The summed E-state index contributed by atoms with van der Waals surface area (Å²) in [6.07, 6.45) is 7.86. The molecular weight excluding hydrogens is 502 g/mol. The van der Waals surface area contributed by atoms with E-state index in [1.165, 1.54) is 5.56 Å². The van der Waals surface area contributed by atoms with E-state index in [-0.39, 0.29) is 36.3 Å². The van der Waals surface area contributed by atoms with Gasteiger partial charge in [0.15, 0.2) is 0 Å². The predicted octanol–water partition coefficient (Wildman–Crippen LogP) is 3.80. The van der Waals surface area contributed by atoms with Crippen LogP contribution in [0.25, 0.3) is 0 Å². The van der Waals surface area contributed by atoms with Gasteiger partial charge in [-0.2, -0.15) is 0 Å². The van der Waals surface area contributed by atoms with Crippen LogP contribution in [0.4, 0.5) is 11.4 Å². The minimum atomic E-state index is -0.237. The maximum absolute atomic E-state index is 13.8. The van der Waals surface area contributed by atoms with Crippen molar-refractivity contribution in [3.05, 3.63) is 59.7 Å². The highest BCUT2D eigenvalue weighted by Crippen LogP contribution is 2.40. The van der Waals surface area contributed by atoms with Crippen LogP contribution in [-0.2, 0) is 16.1 Å². The summed E-state index contributed by atoms with van der Waals surface area (Å²) in [7, 11) is 0. The highest BCUT2D eigenvalue weighted by Gasteiger charge is 2.40. The molecule has 8 heteroatoms. The predicted molar refractivity (Wildman–Crippen MR) is 156 cm³/mol. The number of piperidine rings is 3. The first kappa shape index (κ1) is 26.8. The molecule has 0 aromatic heterocycles. The van der Waals surface area contributed by atoms with E-state index in [9.17, 15) is 14.4 Å². The van der Waals surface area contributed by atoms with Crippen molar-refractivity contribution in [2.75, 3.05) is 49.1 Å². The second-order valence-electron chi connectivity index (χ2n) is 11.8. The lowest BCUT2D eigenvalue weighted by Crippen LogP contribution is -2.57. The molecule has 6 rings (SSSR count). The minimum absolute atomic E-state index is 0.0121. The van der Waals surface area contributed by atoms with Crippen LogP contribution in [0.5, 0.6) is 0 Å². The molecule has 0 aliphatic carbocycles. The molecule has 8 nitrogen and oxygen atoms in total. The summed E-state index contributed by atoms with van der Waals surface area (Å²) in [6, 6.07) is 16.1. The smallest absolute Gasteiger partial charge is 0.253 e. The second-order valence-corrected chi connectivity index (χ2v) is 11.8. The Balaban J connectivity index is 1.14. The Kier molecular flexibility index (Phi) is 8.05. The van der Waals surface area contributed by atoms with Gasteiger partial charge in [0.2, 0.25) is 11.8 Å². The van der Waals surface area contributed by atoms with Gasteiger partial charge in [0.1, 0.15) is 12.6 Å².